The smallest absolute Gasteiger partial charge is 0.261 e. The highest BCUT2D eigenvalue weighted by molar-refractivity contribution is 5.80. The van der Waals surface area contributed by atoms with Crippen LogP contribution in [0.5, 0.6) is 11.6 Å². The number of hydrogen-bond acceptors (Lipinski definition) is 4. The van der Waals surface area contributed by atoms with Crippen molar-refractivity contribution in [3.05, 3.63) is 53.2 Å². The number of amides is 1. The highest BCUT2D eigenvalue weighted by Gasteiger charge is 2.16. The van der Waals surface area contributed by atoms with Gasteiger partial charge in [0.05, 0.1) is 6.61 Å². The monoisotopic (exact) mass is 328 g/mol. The second kappa shape index (κ2) is 8.34. The zero-order chi connectivity index (χ0) is 17.5. The van der Waals surface area contributed by atoms with Crippen molar-refractivity contribution in [1.29, 1.82) is 0 Å². The van der Waals surface area contributed by atoms with Crippen molar-refractivity contribution in [3.63, 3.8) is 0 Å². The van der Waals surface area contributed by atoms with E-state index in [2.05, 4.69) is 10.3 Å². The number of hydrogen-bond donors (Lipinski definition) is 1. The number of nitrogens with zero attached hydrogens (tertiary/aromatic N) is 1. The number of benzene rings is 1. The van der Waals surface area contributed by atoms with Gasteiger partial charge in [-0.1, -0.05) is 18.2 Å². The van der Waals surface area contributed by atoms with E-state index in [1.165, 1.54) is 0 Å². The van der Waals surface area contributed by atoms with Gasteiger partial charge in [-0.25, -0.2) is 4.98 Å². The van der Waals surface area contributed by atoms with Crippen LogP contribution in [0.2, 0.25) is 0 Å². The first-order chi connectivity index (χ1) is 11.5. The fourth-order valence-electron chi connectivity index (χ4n) is 2.25. The average Bonchev–Trinajstić information content (AvgIpc) is 2.58. The molecule has 0 bridgehead atoms. The molecular formula is C19H24N2O3. The SMILES string of the molecule is CCOc1ncccc1CNC(=O)[C@@H](C)Oc1cccc(C)c1C. The Kier molecular flexibility index (Phi) is 6.18. The highest BCUT2D eigenvalue weighted by atomic mass is 16.5. The molecule has 0 saturated carbocycles. The molecule has 1 aromatic carbocycles. The Bertz CT molecular complexity index is 701. The first kappa shape index (κ1) is 17.8. The Labute approximate surface area is 143 Å². The van der Waals surface area contributed by atoms with Crippen LogP contribution in [0.3, 0.4) is 0 Å². The van der Waals surface area contributed by atoms with Crippen LogP contribution in [0.4, 0.5) is 0 Å². The summed E-state index contributed by atoms with van der Waals surface area (Å²) in [5, 5.41) is 2.87. The number of ether oxygens (including phenoxy) is 2. The Morgan fingerprint density at radius 3 is 2.79 bits per heavy atom. The first-order valence-corrected chi connectivity index (χ1v) is 8.10. The van der Waals surface area contributed by atoms with E-state index in [1.807, 2.05) is 51.1 Å². The number of nitrogens with one attached hydrogen (secondary N) is 1. The Balaban J connectivity index is 1.96. The van der Waals surface area contributed by atoms with Gasteiger partial charge < -0.3 is 14.8 Å². The number of carbonyl (C=O) groups is 1. The molecular weight excluding hydrogens is 304 g/mol. The summed E-state index contributed by atoms with van der Waals surface area (Å²) in [6, 6.07) is 9.52. The van der Waals surface area contributed by atoms with Gasteiger partial charge in [0.15, 0.2) is 6.10 Å². The highest BCUT2D eigenvalue weighted by Crippen LogP contribution is 2.22. The van der Waals surface area contributed by atoms with E-state index in [9.17, 15) is 4.79 Å². The summed E-state index contributed by atoms with van der Waals surface area (Å²) < 4.78 is 11.3. The van der Waals surface area contributed by atoms with E-state index in [-0.39, 0.29) is 5.91 Å². The number of carbonyl (C=O) groups excluding carboxylic acids is 1. The lowest BCUT2D eigenvalue weighted by Gasteiger charge is -2.17. The molecule has 0 fully saturated rings. The number of rotatable bonds is 7. The fraction of sp³-hybridized carbons (Fsp3) is 0.368. The molecule has 0 radical (unpaired) electrons. The van der Waals surface area contributed by atoms with Gasteiger partial charge in [-0.15, -0.1) is 0 Å². The third-order valence-corrected chi connectivity index (χ3v) is 3.81. The van der Waals surface area contributed by atoms with Gasteiger partial charge in [-0.05, 0) is 51.0 Å². The Hall–Kier alpha value is -2.56. The Morgan fingerprint density at radius 1 is 1.25 bits per heavy atom. The third-order valence-electron chi connectivity index (χ3n) is 3.81. The molecule has 0 aliphatic carbocycles. The van der Waals surface area contributed by atoms with Crippen LogP contribution in [0, 0.1) is 13.8 Å². The van der Waals surface area contributed by atoms with E-state index in [0.717, 1.165) is 22.4 Å². The topological polar surface area (TPSA) is 60.5 Å². The second-order valence-electron chi connectivity index (χ2n) is 5.58. The lowest BCUT2D eigenvalue weighted by atomic mass is 10.1. The zero-order valence-corrected chi connectivity index (χ0v) is 14.6. The molecule has 0 aliphatic rings. The minimum absolute atomic E-state index is 0.179. The van der Waals surface area contributed by atoms with Crippen LogP contribution in [0.15, 0.2) is 36.5 Å². The average molecular weight is 328 g/mol. The maximum Gasteiger partial charge on any atom is 0.261 e. The van der Waals surface area contributed by atoms with E-state index < -0.39 is 6.10 Å². The lowest BCUT2D eigenvalue weighted by Crippen LogP contribution is -2.36. The molecule has 5 heteroatoms. The van der Waals surface area contributed by atoms with Gasteiger partial charge in [-0.2, -0.15) is 0 Å². The van der Waals surface area contributed by atoms with E-state index in [0.29, 0.717) is 19.0 Å². The predicted molar refractivity (Wildman–Crippen MR) is 93.3 cm³/mol. The van der Waals surface area contributed by atoms with Crippen molar-refractivity contribution >= 4 is 5.91 Å². The van der Waals surface area contributed by atoms with Gasteiger partial charge in [0, 0.05) is 18.3 Å². The third kappa shape index (κ3) is 4.47. The summed E-state index contributed by atoms with van der Waals surface area (Å²) in [7, 11) is 0. The standard InChI is InChI=1S/C19H24N2O3/c1-5-23-19-16(9-7-11-20-19)12-21-18(22)15(4)24-17-10-6-8-13(2)14(17)3/h6-11,15H,5,12H2,1-4H3,(H,21,22)/t15-/m1/s1. The molecule has 0 saturated heterocycles. The van der Waals surface area contributed by atoms with Gasteiger partial charge in [-0.3, -0.25) is 4.79 Å². The van der Waals surface area contributed by atoms with Gasteiger partial charge in [0.2, 0.25) is 5.88 Å². The minimum Gasteiger partial charge on any atom is -0.481 e. The molecule has 2 rings (SSSR count). The van der Waals surface area contributed by atoms with Crippen molar-refractivity contribution in [2.24, 2.45) is 0 Å². The summed E-state index contributed by atoms with van der Waals surface area (Å²) in [6.07, 6.45) is 1.08. The van der Waals surface area contributed by atoms with E-state index in [1.54, 1.807) is 13.1 Å². The van der Waals surface area contributed by atoms with E-state index >= 15 is 0 Å². The van der Waals surface area contributed by atoms with Crippen LogP contribution >= 0.6 is 0 Å². The minimum atomic E-state index is -0.585. The van der Waals surface area contributed by atoms with Crippen LogP contribution in [-0.2, 0) is 11.3 Å². The molecule has 0 spiro atoms. The van der Waals surface area contributed by atoms with Crippen molar-refractivity contribution in [1.82, 2.24) is 10.3 Å². The van der Waals surface area contributed by atoms with Crippen LogP contribution < -0.4 is 14.8 Å². The predicted octanol–water partition coefficient (Wildman–Crippen LogP) is 3.18. The van der Waals surface area contributed by atoms with Crippen molar-refractivity contribution < 1.29 is 14.3 Å². The van der Waals surface area contributed by atoms with Crippen molar-refractivity contribution in [2.45, 2.75) is 40.3 Å². The first-order valence-electron chi connectivity index (χ1n) is 8.10. The molecule has 5 nitrogen and oxygen atoms in total. The van der Waals surface area contributed by atoms with Crippen LogP contribution in [-0.4, -0.2) is 23.6 Å². The summed E-state index contributed by atoms with van der Waals surface area (Å²) in [4.78, 5) is 16.5. The maximum absolute atomic E-state index is 12.3. The molecule has 0 unspecified atom stereocenters. The molecule has 0 aliphatic heterocycles. The van der Waals surface area contributed by atoms with Gasteiger partial charge in [0.1, 0.15) is 5.75 Å². The van der Waals surface area contributed by atoms with Crippen LogP contribution in [0.1, 0.15) is 30.5 Å². The largest absolute Gasteiger partial charge is 0.481 e. The normalized spacial score (nSPS) is 11.7. The van der Waals surface area contributed by atoms with Gasteiger partial charge >= 0.3 is 0 Å². The maximum atomic E-state index is 12.3. The lowest BCUT2D eigenvalue weighted by molar-refractivity contribution is -0.127. The summed E-state index contributed by atoms with van der Waals surface area (Å²) in [5.74, 6) is 1.10. The Morgan fingerprint density at radius 2 is 2.04 bits per heavy atom. The molecule has 1 aromatic heterocycles. The molecule has 1 heterocycles. The molecule has 128 valence electrons. The second-order valence-corrected chi connectivity index (χ2v) is 5.58. The summed E-state index contributed by atoms with van der Waals surface area (Å²) in [6.45, 7) is 8.53. The number of pyridine rings is 1. The number of aromatic nitrogens is 1. The molecule has 24 heavy (non-hydrogen) atoms. The molecule has 1 amide bonds. The molecule has 1 N–H and O–H groups in total. The van der Waals surface area contributed by atoms with E-state index in [4.69, 9.17) is 9.47 Å². The van der Waals surface area contributed by atoms with Gasteiger partial charge in [0.25, 0.3) is 5.91 Å². The summed E-state index contributed by atoms with van der Waals surface area (Å²) >= 11 is 0. The fourth-order valence-corrected chi connectivity index (χ4v) is 2.25. The summed E-state index contributed by atoms with van der Waals surface area (Å²) in [5.41, 5.74) is 3.02. The molecule has 2 aromatic rings. The van der Waals surface area contributed by atoms with Crippen LogP contribution in [0.25, 0.3) is 0 Å². The quantitative estimate of drug-likeness (QED) is 0.848. The van der Waals surface area contributed by atoms with Crippen molar-refractivity contribution in [3.8, 4) is 11.6 Å². The molecule has 1 atom stereocenters. The van der Waals surface area contributed by atoms with Crippen molar-refractivity contribution in [2.75, 3.05) is 6.61 Å². The zero-order valence-electron chi connectivity index (χ0n) is 14.6. The number of aryl methyl sites for hydroxylation is 1.